The zero-order chi connectivity index (χ0) is 29.7. The van der Waals surface area contributed by atoms with Gasteiger partial charge in [-0.15, -0.1) is 0 Å². The van der Waals surface area contributed by atoms with Crippen LogP contribution in [0.4, 0.5) is 16.2 Å². The number of halogens is 1. The maximum Gasteiger partial charge on any atom is 0.327 e. The molecule has 1 heterocycles. The molecule has 4 aromatic rings. The van der Waals surface area contributed by atoms with E-state index < -0.39 is 33.8 Å². The molecule has 0 fully saturated rings. The van der Waals surface area contributed by atoms with Crippen LogP contribution < -0.4 is 16.0 Å². The minimum atomic E-state index is -4.12. The monoisotopic (exact) mass is 592 g/mol. The Morgan fingerprint density at radius 3 is 2.20 bits per heavy atom. The van der Waals surface area contributed by atoms with E-state index in [1.54, 1.807) is 61.5 Å². The summed E-state index contributed by atoms with van der Waals surface area (Å²) in [6.45, 7) is 1.75. The second-order valence-corrected chi connectivity index (χ2v) is 11.3. The van der Waals surface area contributed by atoms with Gasteiger partial charge in [-0.1, -0.05) is 54.1 Å². The number of aryl methyl sites for hydroxylation is 1. The molecule has 41 heavy (non-hydrogen) atoms. The molecule has 0 radical (unpaired) electrons. The number of nitrogens with one attached hydrogen (secondary N) is 1. The smallest absolute Gasteiger partial charge is 0.327 e. The summed E-state index contributed by atoms with van der Waals surface area (Å²) in [5.74, 6) is -1.87. The quantitative estimate of drug-likeness (QED) is 0.237. The zero-order valence-electron chi connectivity index (χ0n) is 21.7. The van der Waals surface area contributed by atoms with Crippen LogP contribution in [0.15, 0.2) is 101 Å². The fourth-order valence-electron chi connectivity index (χ4n) is 4.18. The van der Waals surface area contributed by atoms with Crippen molar-refractivity contribution in [2.45, 2.75) is 29.2 Å². The van der Waals surface area contributed by atoms with Gasteiger partial charge < -0.3 is 16.2 Å². The van der Waals surface area contributed by atoms with Crippen LogP contribution in [0.3, 0.4) is 0 Å². The molecule has 4 rings (SSSR count). The molecule has 0 aliphatic carbocycles. The van der Waals surface area contributed by atoms with Gasteiger partial charge in [-0.05, 0) is 61.0 Å². The number of hydrogen-bond acceptors (Lipinski definition) is 6. The van der Waals surface area contributed by atoms with Gasteiger partial charge in [-0.25, -0.2) is 23.0 Å². The van der Waals surface area contributed by atoms with Gasteiger partial charge >= 0.3 is 12.0 Å². The molecule has 0 spiro atoms. The number of anilines is 2. The van der Waals surface area contributed by atoms with Gasteiger partial charge in [-0.2, -0.15) is 0 Å². The Bertz CT molecular complexity index is 1710. The van der Waals surface area contributed by atoms with E-state index >= 15 is 0 Å². The molecular weight excluding hydrogens is 568 g/mol. The van der Waals surface area contributed by atoms with E-state index in [0.717, 1.165) is 4.90 Å². The molecular formula is C29H25ClN4O6S. The standard InChI is InChI=1S/C29H25ClN4O6S/c1-18-11-16-22(26(30)32-18)27(35)33-20-14-12-19(13-15-20)17-24(28(36)37)34(29(31)38)23-9-5-6-10-25(23)41(39,40)21-7-3-2-4-8-21/h2-16,24H,17H2,1H3,(H2,31,38)(H,33,35)(H,36,37)/t24-/m0/s1. The van der Waals surface area contributed by atoms with Crippen LogP contribution in [0.5, 0.6) is 0 Å². The third-order valence-electron chi connectivity index (χ3n) is 6.18. The van der Waals surface area contributed by atoms with Crippen molar-refractivity contribution < 1.29 is 27.9 Å². The average molecular weight is 593 g/mol. The molecule has 1 aromatic heterocycles. The van der Waals surface area contributed by atoms with E-state index in [1.807, 2.05) is 0 Å². The van der Waals surface area contributed by atoms with Crippen LogP contribution in [0.2, 0.25) is 5.15 Å². The minimum absolute atomic E-state index is 0.0240. The lowest BCUT2D eigenvalue weighted by Gasteiger charge is -2.29. The summed E-state index contributed by atoms with van der Waals surface area (Å²) in [7, 11) is -4.12. The van der Waals surface area contributed by atoms with E-state index in [2.05, 4.69) is 10.3 Å². The Hall–Kier alpha value is -4.74. The zero-order valence-corrected chi connectivity index (χ0v) is 23.3. The van der Waals surface area contributed by atoms with E-state index in [-0.39, 0.29) is 32.6 Å². The highest BCUT2D eigenvalue weighted by molar-refractivity contribution is 7.91. The molecule has 210 valence electrons. The number of carboxylic acids is 1. The molecule has 3 amide bonds. The van der Waals surface area contributed by atoms with Crippen molar-refractivity contribution in [1.82, 2.24) is 4.98 Å². The van der Waals surface area contributed by atoms with Crippen molar-refractivity contribution in [3.63, 3.8) is 0 Å². The number of carbonyl (C=O) groups excluding carboxylic acids is 2. The van der Waals surface area contributed by atoms with Crippen molar-refractivity contribution in [2.75, 3.05) is 10.2 Å². The van der Waals surface area contributed by atoms with Gasteiger partial charge in [0.25, 0.3) is 5.91 Å². The van der Waals surface area contributed by atoms with E-state index in [4.69, 9.17) is 17.3 Å². The number of rotatable bonds is 9. The SMILES string of the molecule is Cc1ccc(C(=O)Nc2ccc(C[C@@H](C(=O)O)N(C(N)=O)c3ccccc3S(=O)(=O)c3ccccc3)cc2)c(Cl)n1. The minimum Gasteiger partial charge on any atom is -0.480 e. The molecule has 10 nitrogen and oxygen atoms in total. The van der Waals surface area contributed by atoms with Crippen LogP contribution in [0.25, 0.3) is 0 Å². The lowest BCUT2D eigenvalue weighted by atomic mass is 10.0. The first kappa shape index (κ1) is 29.2. The molecule has 12 heteroatoms. The van der Waals surface area contributed by atoms with Gasteiger partial charge in [-0.3, -0.25) is 9.69 Å². The largest absolute Gasteiger partial charge is 0.480 e. The average Bonchev–Trinajstić information content (AvgIpc) is 2.94. The number of aromatic nitrogens is 1. The topological polar surface area (TPSA) is 160 Å². The Morgan fingerprint density at radius 1 is 0.951 bits per heavy atom. The fourth-order valence-corrected chi connectivity index (χ4v) is 5.93. The fraction of sp³-hybridized carbons (Fsp3) is 0.103. The second kappa shape index (κ2) is 12.2. The lowest BCUT2D eigenvalue weighted by molar-refractivity contribution is -0.138. The number of pyridine rings is 1. The van der Waals surface area contributed by atoms with Crippen molar-refractivity contribution in [2.24, 2.45) is 5.73 Å². The van der Waals surface area contributed by atoms with Crippen LogP contribution in [-0.2, 0) is 21.1 Å². The van der Waals surface area contributed by atoms with Crippen molar-refractivity contribution >= 4 is 50.7 Å². The maximum absolute atomic E-state index is 13.4. The second-order valence-electron chi connectivity index (χ2n) is 8.99. The molecule has 0 aliphatic rings. The number of para-hydroxylation sites is 1. The van der Waals surface area contributed by atoms with E-state index in [1.165, 1.54) is 36.4 Å². The van der Waals surface area contributed by atoms with Gasteiger partial charge in [0.1, 0.15) is 11.2 Å². The number of nitrogens with two attached hydrogens (primary N) is 1. The highest BCUT2D eigenvalue weighted by atomic mass is 35.5. The number of hydrogen-bond donors (Lipinski definition) is 3. The molecule has 3 aromatic carbocycles. The Morgan fingerprint density at radius 2 is 1.59 bits per heavy atom. The molecule has 0 saturated carbocycles. The Balaban J connectivity index is 1.62. The van der Waals surface area contributed by atoms with Gasteiger partial charge in [0.05, 0.1) is 21.0 Å². The number of benzene rings is 3. The summed E-state index contributed by atoms with van der Waals surface area (Å²) in [6.07, 6.45) is -0.208. The van der Waals surface area contributed by atoms with Gasteiger partial charge in [0, 0.05) is 17.8 Å². The third-order valence-corrected chi connectivity index (χ3v) is 8.28. The highest BCUT2D eigenvalue weighted by Crippen LogP contribution is 2.32. The number of aliphatic carboxylic acids is 1. The van der Waals surface area contributed by atoms with Crippen LogP contribution in [0.1, 0.15) is 21.6 Å². The molecule has 0 unspecified atom stereocenters. The maximum atomic E-state index is 13.4. The summed E-state index contributed by atoms with van der Waals surface area (Å²) in [6, 6.07) is 20.0. The summed E-state index contributed by atoms with van der Waals surface area (Å²) < 4.78 is 26.9. The predicted octanol–water partition coefficient (Wildman–Crippen LogP) is 4.71. The van der Waals surface area contributed by atoms with Crippen molar-refractivity contribution in [3.05, 3.63) is 113 Å². The predicted molar refractivity (Wildman–Crippen MR) is 154 cm³/mol. The van der Waals surface area contributed by atoms with Crippen LogP contribution in [-0.4, -0.2) is 42.5 Å². The van der Waals surface area contributed by atoms with E-state index in [0.29, 0.717) is 16.9 Å². The summed E-state index contributed by atoms with van der Waals surface area (Å²) in [4.78, 5) is 42.2. The summed E-state index contributed by atoms with van der Waals surface area (Å²) in [5.41, 5.74) is 7.22. The van der Waals surface area contributed by atoms with Gasteiger partial charge in [0.15, 0.2) is 0 Å². The normalized spacial score (nSPS) is 11.9. The summed E-state index contributed by atoms with van der Waals surface area (Å²) in [5, 5.41) is 12.9. The van der Waals surface area contributed by atoms with Gasteiger partial charge in [0.2, 0.25) is 9.84 Å². The summed E-state index contributed by atoms with van der Waals surface area (Å²) >= 11 is 6.07. The highest BCUT2D eigenvalue weighted by Gasteiger charge is 2.34. The molecule has 1 atom stereocenters. The third kappa shape index (κ3) is 6.53. The molecule has 4 N–H and O–H groups in total. The first-order valence-corrected chi connectivity index (χ1v) is 14.1. The first-order valence-electron chi connectivity index (χ1n) is 12.2. The Labute approximate surface area is 241 Å². The Kier molecular flexibility index (Phi) is 8.70. The number of sulfone groups is 1. The van der Waals surface area contributed by atoms with Crippen molar-refractivity contribution in [1.29, 1.82) is 0 Å². The van der Waals surface area contributed by atoms with Crippen LogP contribution >= 0.6 is 11.6 Å². The van der Waals surface area contributed by atoms with Crippen LogP contribution in [0, 0.1) is 6.92 Å². The number of carbonyl (C=O) groups is 3. The molecule has 0 aliphatic heterocycles. The number of primary amides is 1. The molecule has 0 bridgehead atoms. The number of carboxylic acid groups (broad SMARTS) is 1. The first-order chi connectivity index (χ1) is 19.5. The number of urea groups is 1. The number of amides is 3. The van der Waals surface area contributed by atoms with Crippen molar-refractivity contribution in [3.8, 4) is 0 Å². The lowest BCUT2D eigenvalue weighted by Crippen LogP contribution is -2.49. The van der Waals surface area contributed by atoms with E-state index in [9.17, 15) is 27.9 Å². The molecule has 0 saturated heterocycles. The number of nitrogens with zero attached hydrogens (tertiary/aromatic N) is 2.